The van der Waals surface area contributed by atoms with Gasteiger partial charge in [0.25, 0.3) is 0 Å². The van der Waals surface area contributed by atoms with Gasteiger partial charge in [-0.2, -0.15) is 0 Å². The molecule has 0 saturated heterocycles. The third-order valence-electron chi connectivity index (χ3n) is 4.95. The van der Waals surface area contributed by atoms with Crippen molar-refractivity contribution in [1.29, 1.82) is 0 Å². The fraction of sp³-hybridized carbons (Fsp3) is 0.292. The molecule has 1 amide bonds. The average molecular weight is 437 g/mol. The Morgan fingerprint density at radius 2 is 1.75 bits per heavy atom. The number of nitrogens with two attached hydrogens (primary N) is 1. The quantitative estimate of drug-likeness (QED) is 0.331. The molecule has 0 fully saturated rings. The highest BCUT2D eigenvalue weighted by atomic mass is 16.5. The Morgan fingerprint density at radius 1 is 1.03 bits per heavy atom. The maximum Gasteiger partial charge on any atom is 0.328 e. The van der Waals surface area contributed by atoms with Crippen LogP contribution in [-0.4, -0.2) is 41.5 Å². The molecule has 4 N–H and O–H groups in total. The summed E-state index contributed by atoms with van der Waals surface area (Å²) >= 11 is 0. The largest absolute Gasteiger partial charge is 0.464 e. The second-order valence-corrected chi connectivity index (χ2v) is 7.32. The second-order valence-electron chi connectivity index (χ2n) is 7.32. The number of H-pyrrole nitrogens is 1. The molecular formula is C24H27N3O5. The lowest BCUT2D eigenvalue weighted by molar-refractivity contribution is -0.147. The number of rotatable bonds is 10. The smallest absolute Gasteiger partial charge is 0.328 e. The van der Waals surface area contributed by atoms with E-state index in [1.54, 1.807) is 37.3 Å². The Balaban J connectivity index is 1.57. The van der Waals surface area contributed by atoms with E-state index >= 15 is 0 Å². The summed E-state index contributed by atoms with van der Waals surface area (Å²) in [5, 5.41) is 3.69. The van der Waals surface area contributed by atoms with Gasteiger partial charge >= 0.3 is 11.9 Å². The minimum Gasteiger partial charge on any atom is -0.464 e. The van der Waals surface area contributed by atoms with Crippen LogP contribution in [0.4, 0.5) is 0 Å². The SMILES string of the molecule is CCOC(=O)[C@@H](Cc1c[nH]c2ccccc12)NC(=O)CC[C@@H](N)C(=O)Oc1ccccc1. The van der Waals surface area contributed by atoms with Crippen LogP contribution in [0.25, 0.3) is 10.9 Å². The van der Waals surface area contributed by atoms with E-state index < -0.39 is 29.9 Å². The van der Waals surface area contributed by atoms with E-state index in [9.17, 15) is 14.4 Å². The van der Waals surface area contributed by atoms with E-state index in [-0.39, 0.29) is 25.9 Å². The van der Waals surface area contributed by atoms with Gasteiger partial charge in [-0.05, 0) is 37.1 Å². The first kappa shape index (κ1) is 23.0. The number of aromatic amines is 1. The first-order chi connectivity index (χ1) is 15.5. The zero-order valence-corrected chi connectivity index (χ0v) is 17.9. The lowest BCUT2D eigenvalue weighted by Crippen LogP contribution is -2.44. The first-order valence-electron chi connectivity index (χ1n) is 10.5. The number of nitrogens with one attached hydrogen (secondary N) is 2. The molecule has 1 aromatic heterocycles. The van der Waals surface area contributed by atoms with Gasteiger partial charge in [0.1, 0.15) is 17.8 Å². The summed E-state index contributed by atoms with van der Waals surface area (Å²) in [5.41, 5.74) is 7.71. The number of esters is 2. The molecule has 0 aliphatic carbocycles. The maximum atomic E-state index is 12.5. The molecule has 0 aliphatic rings. The van der Waals surface area contributed by atoms with E-state index in [4.69, 9.17) is 15.2 Å². The van der Waals surface area contributed by atoms with E-state index in [0.717, 1.165) is 16.5 Å². The van der Waals surface area contributed by atoms with E-state index in [0.29, 0.717) is 5.75 Å². The van der Waals surface area contributed by atoms with E-state index in [1.165, 1.54) is 0 Å². The van der Waals surface area contributed by atoms with Crippen molar-refractivity contribution in [3.8, 4) is 5.75 Å². The van der Waals surface area contributed by atoms with Crippen LogP contribution < -0.4 is 15.8 Å². The number of hydrogen-bond donors (Lipinski definition) is 3. The Hall–Kier alpha value is -3.65. The molecule has 3 aromatic rings. The molecule has 8 nitrogen and oxygen atoms in total. The molecule has 2 atom stereocenters. The molecule has 0 radical (unpaired) electrons. The van der Waals surface area contributed by atoms with Crippen molar-refractivity contribution in [1.82, 2.24) is 10.3 Å². The van der Waals surface area contributed by atoms with Gasteiger partial charge < -0.3 is 25.5 Å². The van der Waals surface area contributed by atoms with Crippen LogP contribution in [0, 0.1) is 0 Å². The van der Waals surface area contributed by atoms with Gasteiger partial charge in [-0.1, -0.05) is 36.4 Å². The average Bonchev–Trinajstić information content (AvgIpc) is 3.20. The van der Waals surface area contributed by atoms with Crippen molar-refractivity contribution < 1.29 is 23.9 Å². The number of benzene rings is 2. The fourth-order valence-electron chi connectivity index (χ4n) is 3.31. The second kappa shape index (κ2) is 11.1. The normalized spacial score (nSPS) is 12.7. The Morgan fingerprint density at radius 3 is 2.50 bits per heavy atom. The predicted molar refractivity (Wildman–Crippen MR) is 120 cm³/mol. The van der Waals surface area contributed by atoms with Crippen LogP contribution in [0.15, 0.2) is 60.8 Å². The highest BCUT2D eigenvalue weighted by molar-refractivity contribution is 5.87. The van der Waals surface area contributed by atoms with Crippen molar-refractivity contribution in [2.45, 2.75) is 38.3 Å². The molecule has 0 unspecified atom stereocenters. The summed E-state index contributed by atoms with van der Waals surface area (Å²) in [6.45, 7) is 1.91. The number of hydrogen-bond acceptors (Lipinski definition) is 6. The van der Waals surface area contributed by atoms with E-state index in [1.807, 2.05) is 30.5 Å². The predicted octanol–water partition coefficient (Wildman–Crippen LogP) is 2.47. The van der Waals surface area contributed by atoms with Gasteiger partial charge in [0.05, 0.1) is 6.61 Å². The Kier molecular flexibility index (Phi) is 7.99. The molecule has 3 rings (SSSR count). The van der Waals surface area contributed by atoms with E-state index in [2.05, 4.69) is 10.3 Å². The molecule has 32 heavy (non-hydrogen) atoms. The van der Waals surface area contributed by atoms with Crippen LogP contribution in [-0.2, 0) is 25.5 Å². The Bertz CT molecular complexity index is 1060. The van der Waals surface area contributed by atoms with Crippen molar-refractivity contribution in [2.75, 3.05) is 6.61 Å². The minimum atomic E-state index is -0.962. The summed E-state index contributed by atoms with van der Waals surface area (Å²) < 4.78 is 10.3. The number of carbonyl (C=O) groups is 3. The molecule has 0 aliphatic heterocycles. The Labute approximate surface area is 186 Å². The van der Waals surface area contributed by atoms with Crippen LogP contribution >= 0.6 is 0 Å². The number of amides is 1. The topological polar surface area (TPSA) is 124 Å². The minimum absolute atomic E-state index is 0.0329. The highest BCUT2D eigenvalue weighted by Gasteiger charge is 2.25. The van der Waals surface area contributed by atoms with Crippen molar-refractivity contribution in [3.63, 3.8) is 0 Å². The van der Waals surface area contributed by atoms with Crippen molar-refractivity contribution in [2.24, 2.45) is 5.73 Å². The van der Waals surface area contributed by atoms with Crippen molar-refractivity contribution >= 4 is 28.7 Å². The summed E-state index contributed by atoms with van der Waals surface area (Å²) in [7, 11) is 0. The standard InChI is InChI=1S/C24H27N3O5/c1-2-31-24(30)21(14-16-15-26-20-11-7-6-10-18(16)20)27-22(28)13-12-19(25)23(29)32-17-8-4-3-5-9-17/h3-11,15,19,21,26H,2,12-14,25H2,1H3,(H,27,28)/t19-,21-/m1/s1. The van der Waals surface area contributed by atoms with Crippen molar-refractivity contribution in [3.05, 3.63) is 66.4 Å². The monoisotopic (exact) mass is 437 g/mol. The van der Waals surface area contributed by atoms with Gasteiger partial charge in [0.2, 0.25) is 5.91 Å². The zero-order chi connectivity index (χ0) is 22.9. The van der Waals surface area contributed by atoms with Gasteiger partial charge in [-0.3, -0.25) is 4.79 Å². The van der Waals surface area contributed by atoms with Gasteiger partial charge in [-0.15, -0.1) is 0 Å². The maximum absolute atomic E-state index is 12.5. The van der Waals surface area contributed by atoms with Gasteiger partial charge in [-0.25, -0.2) is 9.59 Å². The van der Waals surface area contributed by atoms with Crippen LogP contribution in [0.2, 0.25) is 0 Å². The summed E-state index contributed by atoms with van der Waals surface area (Å²) in [6, 6.07) is 14.5. The third kappa shape index (κ3) is 6.18. The number of aromatic nitrogens is 1. The van der Waals surface area contributed by atoms with Gasteiger partial charge in [0, 0.05) is 29.9 Å². The lowest BCUT2D eigenvalue weighted by atomic mass is 10.0. The number of ether oxygens (including phenoxy) is 2. The molecule has 1 heterocycles. The van der Waals surface area contributed by atoms with Crippen LogP contribution in [0.5, 0.6) is 5.75 Å². The van der Waals surface area contributed by atoms with Crippen LogP contribution in [0.1, 0.15) is 25.3 Å². The molecule has 168 valence electrons. The summed E-state index contributed by atoms with van der Waals surface area (Å²) in [5.74, 6) is -1.15. The molecule has 2 aromatic carbocycles. The number of fused-ring (bicyclic) bond motifs is 1. The molecule has 0 spiro atoms. The van der Waals surface area contributed by atoms with Gasteiger partial charge in [0.15, 0.2) is 0 Å². The summed E-state index contributed by atoms with van der Waals surface area (Å²) in [6.07, 6.45) is 2.14. The number of para-hydroxylation sites is 2. The lowest BCUT2D eigenvalue weighted by Gasteiger charge is -2.18. The molecule has 0 bridgehead atoms. The third-order valence-corrected chi connectivity index (χ3v) is 4.95. The highest BCUT2D eigenvalue weighted by Crippen LogP contribution is 2.19. The first-order valence-corrected chi connectivity index (χ1v) is 10.5. The summed E-state index contributed by atoms with van der Waals surface area (Å²) in [4.78, 5) is 40.2. The molecule has 0 saturated carbocycles. The number of carbonyl (C=O) groups excluding carboxylic acids is 3. The zero-order valence-electron chi connectivity index (χ0n) is 17.9. The molecule has 8 heteroatoms. The molecular weight excluding hydrogens is 410 g/mol. The fourth-order valence-corrected chi connectivity index (χ4v) is 3.31. The van der Waals surface area contributed by atoms with Crippen LogP contribution in [0.3, 0.4) is 0 Å².